The van der Waals surface area contributed by atoms with Crippen LogP contribution in [0.15, 0.2) is 183 Å². The molecule has 0 radical (unpaired) electrons. The van der Waals surface area contributed by atoms with Gasteiger partial charge in [0.15, 0.2) is 30.8 Å². The van der Waals surface area contributed by atoms with Crippen LogP contribution >= 0.6 is 0 Å². The lowest BCUT2D eigenvalue weighted by Crippen LogP contribution is -2.72. The maximum atomic E-state index is 15.5. The lowest BCUT2D eigenvalue weighted by molar-refractivity contribution is -0.409. The van der Waals surface area contributed by atoms with E-state index in [2.05, 4.69) is 6.58 Å². The van der Waals surface area contributed by atoms with E-state index in [0.717, 1.165) is 40.2 Å². The van der Waals surface area contributed by atoms with E-state index in [1.54, 1.807) is 48.5 Å². The van der Waals surface area contributed by atoms with E-state index in [0.29, 0.717) is 24.0 Å². The molecular formula is C73H76N2O19. The number of imide groups is 2. The van der Waals surface area contributed by atoms with Crippen LogP contribution in [0.25, 0.3) is 0 Å². The fourth-order valence-electron chi connectivity index (χ4n) is 13.7. The molecule has 0 aromatic heterocycles. The average Bonchev–Trinajstić information content (AvgIpc) is 1.40. The number of amides is 4. The highest BCUT2D eigenvalue weighted by Crippen LogP contribution is 2.45. The van der Waals surface area contributed by atoms with Gasteiger partial charge in [-0.15, -0.1) is 6.58 Å². The summed E-state index contributed by atoms with van der Waals surface area (Å²) < 4.78 is 89.0. The number of carbonyl (C=O) groups excluding carboxylic acids is 5. The maximum absolute atomic E-state index is 15.5. The number of aliphatic hydroxyl groups is 1. The van der Waals surface area contributed by atoms with Crippen molar-refractivity contribution in [2.45, 2.75) is 163 Å². The van der Waals surface area contributed by atoms with E-state index in [4.69, 9.17) is 61.6 Å². The van der Waals surface area contributed by atoms with Gasteiger partial charge in [-0.2, -0.15) is 0 Å². The average molecular weight is 1290 g/mol. The smallest absolute Gasteiger partial charge is 0.303 e. The molecule has 1 N–H and O–H groups in total. The molecule has 94 heavy (non-hydrogen) atoms. The van der Waals surface area contributed by atoms with Gasteiger partial charge in [0.1, 0.15) is 67.0 Å². The molecule has 492 valence electrons. The molecule has 1 saturated carbocycles. The van der Waals surface area contributed by atoms with Crippen LogP contribution in [-0.4, -0.2) is 169 Å². The standard InChI is InChI=1S/C73H76N2O19/c1-3-37-84-70-57(74-66(78)50-31-17-18-32-51(50)67(74)79)63(85-40-48-27-13-6-14-28-48)60(54(89-70)42-82-38-46-23-9-4-10-24-46)92-71-58(75-68(80)52-33-19-20-34-53(52)69(75)81)64(86-41-49-29-15-7-16-30-49)61(55(90-71)43-83-39-47-25-11-5-12-26-47)93-72-59(77)65(88-45(2)76)62-56(91-72)44-87-73(94-62)35-21-8-22-36-73/h3-7,9-20,23-34,54-65,70-72,77H,1,8,21-22,35-44H2,2H3/t54-,55-,56-,57-,58-,59+,60-,61-,62-,63-,64-,65-,70-,71+,72+/m1/s1. The molecule has 6 aliphatic heterocycles. The minimum atomic E-state index is -1.77. The summed E-state index contributed by atoms with van der Waals surface area (Å²) in [6.45, 7) is 4.45. The number of rotatable bonds is 24. The summed E-state index contributed by atoms with van der Waals surface area (Å²) in [6.07, 6.45) is -12.7. The number of benzene rings is 6. The first-order valence-corrected chi connectivity index (χ1v) is 32.1. The Morgan fingerprint density at radius 3 is 1.38 bits per heavy atom. The summed E-state index contributed by atoms with van der Waals surface area (Å²) in [5.41, 5.74) is 3.49. The second kappa shape index (κ2) is 29.5. The van der Waals surface area contributed by atoms with E-state index < -0.39 is 127 Å². The third kappa shape index (κ3) is 13.9. The van der Waals surface area contributed by atoms with Gasteiger partial charge in [-0.3, -0.25) is 33.8 Å². The summed E-state index contributed by atoms with van der Waals surface area (Å²) in [5.74, 6) is -4.42. The molecule has 1 aliphatic carbocycles. The van der Waals surface area contributed by atoms with E-state index in [1.165, 1.54) is 13.0 Å². The Hall–Kier alpha value is -7.71. The number of fused-ring (bicyclic) bond motifs is 3. The highest BCUT2D eigenvalue weighted by Gasteiger charge is 2.62. The lowest BCUT2D eigenvalue weighted by atomic mass is 9.90. The molecule has 6 heterocycles. The Kier molecular flexibility index (Phi) is 20.4. The summed E-state index contributed by atoms with van der Waals surface area (Å²) in [7, 11) is 0. The number of carbonyl (C=O) groups is 5. The fraction of sp³-hybridized carbons (Fsp3) is 0.411. The van der Waals surface area contributed by atoms with Gasteiger partial charge in [-0.1, -0.05) is 158 Å². The molecule has 0 unspecified atom stereocenters. The molecule has 1 spiro atoms. The van der Waals surface area contributed by atoms with Crippen LogP contribution in [0, 0.1) is 0 Å². The van der Waals surface area contributed by atoms with Crippen molar-refractivity contribution in [3.63, 3.8) is 0 Å². The van der Waals surface area contributed by atoms with Crippen molar-refractivity contribution in [3.05, 3.63) is 227 Å². The molecule has 4 amide bonds. The number of ether oxygens (including phenoxy) is 13. The van der Waals surface area contributed by atoms with E-state index in [-0.39, 0.29) is 75.1 Å². The molecule has 7 aliphatic rings. The zero-order valence-corrected chi connectivity index (χ0v) is 52.0. The minimum Gasteiger partial charge on any atom is -0.457 e. The van der Waals surface area contributed by atoms with Crippen LogP contribution in [0.3, 0.4) is 0 Å². The van der Waals surface area contributed by atoms with Gasteiger partial charge < -0.3 is 66.7 Å². The Balaban J connectivity index is 0.953. The van der Waals surface area contributed by atoms with Crippen LogP contribution in [0.4, 0.5) is 0 Å². The molecular weight excluding hydrogens is 1210 g/mol. The van der Waals surface area contributed by atoms with Crippen molar-refractivity contribution >= 4 is 29.6 Å². The first-order chi connectivity index (χ1) is 46.0. The number of aliphatic hydroxyl groups excluding tert-OH is 1. The number of hydrogen-bond donors (Lipinski definition) is 1. The summed E-state index contributed by atoms with van der Waals surface area (Å²) >= 11 is 0. The van der Waals surface area contributed by atoms with Crippen LogP contribution in [0.2, 0.25) is 0 Å². The van der Waals surface area contributed by atoms with Gasteiger partial charge in [-0.25, -0.2) is 0 Å². The Morgan fingerprint density at radius 1 is 0.521 bits per heavy atom. The van der Waals surface area contributed by atoms with Crippen LogP contribution in [0.1, 0.15) is 103 Å². The van der Waals surface area contributed by atoms with E-state index in [9.17, 15) is 9.90 Å². The second-order valence-electron chi connectivity index (χ2n) is 24.4. The summed E-state index contributed by atoms with van der Waals surface area (Å²) in [5, 5.41) is 12.7. The largest absolute Gasteiger partial charge is 0.457 e. The normalized spacial score (nSPS) is 29.6. The summed E-state index contributed by atoms with van der Waals surface area (Å²) in [6, 6.07) is 47.2. The van der Waals surface area contributed by atoms with Gasteiger partial charge in [0.2, 0.25) is 0 Å². The Bertz CT molecular complexity index is 3530. The van der Waals surface area contributed by atoms with Crippen molar-refractivity contribution in [1.29, 1.82) is 0 Å². The fourth-order valence-corrected chi connectivity index (χ4v) is 13.7. The molecule has 21 nitrogen and oxygen atoms in total. The minimum absolute atomic E-state index is 0.00427. The zero-order chi connectivity index (χ0) is 64.7. The van der Waals surface area contributed by atoms with Crippen molar-refractivity contribution in [2.75, 3.05) is 26.4 Å². The highest BCUT2D eigenvalue weighted by atomic mass is 16.8. The third-order valence-corrected chi connectivity index (χ3v) is 18.2. The SMILES string of the molecule is C=CCO[C@@H]1O[C@H](COCc2ccccc2)[C@@H](O[C@@H]2O[C@H](COCc3ccccc3)[C@@H](O[C@@H]3O[C@@H]4COC5(CCCCC5)O[C@H]4[C@H](OC(C)=O)[C@@H]3O)[C@H](OCc3ccccc3)[C@H]2N2C(=O)c3ccccc3C2=O)[C@H](OCc2ccccc2)[C@H]1N1C(=O)c2ccccc2C1=O. The first kappa shape index (κ1) is 65.0. The Morgan fingerprint density at radius 2 is 0.936 bits per heavy atom. The summed E-state index contributed by atoms with van der Waals surface area (Å²) in [4.78, 5) is 76.3. The van der Waals surface area contributed by atoms with Crippen LogP contribution < -0.4 is 0 Å². The molecule has 5 fully saturated rings. The van der Waals surface area contributed by atoms with E-state index in [1.807, 2.05) is 121 Å². The van der Waals surface area contributed by atoms with Gasteiger partial charge in [-0.05, 0) is 59.4 Å². The third-order valence-electron chi connectivity index (χ3n) is 18.2. The highest BCUT2D eigenvalue weighted by molar-refractivity contribution is 6.22. The molecule has 4 saturated heterocycles. The number of nitrogens with zero attached hydrogens (tertiary/aromatic N) is 2. The Labute approximate surface area is 544 Å². The topological polar surface area (TPSA) is 232 Å². The van der Waals surface area contributed by atoms with Crippen molar-refractivity contribution < 1.29 is 90.7 Å². The van der Waals surface area contributed by atoms with Gasteiger partial charge in [0, 0.05) is 19.8 Å². The second-order valence-corrected chi connectivity index (χ2v) is 24.4. The monoisotopic (exact) mass is 1280 g/mol. The number of esters is 1. The number of hydrogen-bond acceptors (Lipinski definition) is 19. The molecule has 6 aromatic carbocycles. The van der Waals surface area contributed by atoms with Crippen LogP contribution in [-0.2, 0) is 92.8 Å². The molecule has 21 heteroatoms. The predicted octanol–water partition coefficient (Wildman–Crippen LogP) is 8.44. The maximum Gasteiger partial charge on any atom is 0.303 e. The molecule has 13 rings (SSSR count). The van der Waals surface area contributed by atoms with Gasteiger partial charge in [0.05, 0.1) is 75.1 Å². The van der Waals surface area contributed by atoms with Crippen molar-refractivity contribution in [3.8, 4) is 0 Å². The molecule has 6 aromatic rings. The van der Waals surface area contributed by atoms with E-state index >= 15 is 19.2 Å². The predicted molar refractivity (Wildman–Crippen MR) is 334 cm³/mol. The molecule has 0 bridgehead atoms. The van der Waals surface area contributed by atoms with Crippen molar-refractivity contribution in [1.82, 2.24) is 9.80 Å². The zero-order valence-electron chi connectivity index (χ0n) is 52.0. The lowest BCUT2D eigenvalue weighted by Gasteiger charge is -2.54. The first-order valence-electron chi connectivity index (χ1n) is 32.1. The van der Waals surface area contributed by atoms with Crippen molar-refractivity contribution in [2.24, 2.45) is 0 Å². The van der Waals surface area contributed by atoms with Crippen LogP contribution in [0.5, 0.6) is 0 Å². The quantitative estimate of drug-likeness (QED) is 0.0340. The van der Waals surface area contributed by atoms with Gasteiger partial charge >= 0.3 is 5.97 Å². The van der Waals surface area contributed by atoms with Gasteiger partial charge in [0.25, 0.3) is 23.6 Å². The molecule has 15 atom stereocenters.